The molecule has 3 rings (SSSR count). The van der Waals surface area contributed by atoms with E-state index in [1.165, 1.54) is 0 Å². The van der Waals surface area contributed by atoms with Gasteiger partial charge in [0, 0.05) is 11.1 Å². The maximum Gasteiger partial charge on any atom is 0.173 e. The number of aromatic nitrogens is 1. The maximum atomic E-state index is 9.92. The highest BCUT2D eigenvalue weighted by atomic mass is 16.5. The molecule has 25 heavy (non-hydrogen) atoms. The Morgan fingerprint density at radius 2 is 1.72 bits per heavy atom. The van der Waals surface area contributed by atoms with Gasteiger partial charge in [-0.15, -0.1) is 0 Å². The Bertz CT molecular complexity index is 872. The van der Waals surface area contributed by atoms with Crippen LogP contribution in [0.4, 0.5) is 0 Å². The number of aliphatic hydroxyl groups is 1. The summed E-state index contributed by atoms with van der Waals surface area (Å²) in [5, 5.41) is 14.1. The standard InChI is InChI=1S/C19H19NO5/c1-22-13-6-4-5-12(9-13)19-16(11-21)18(20-25-19)15-10-14(23-2)7-8-17(15)24-3/h4-10,21H,11H2,1-3H3. The summed E-state index contributed by atoms with van der Waals surface area (Å²) in [5.41, 5.74) is 2.53. The zero-order valence-corrected chi connectivity index (χ0v) is 14.3. The molecule has 2 aromatic carbocycles. The van der Waals surface area contributed by atoms with Gasteiger partial charge >= 0.3 is 0 Å². The lowest BCUT2D eigenvalue weighted by atomic mass is 10.0. The molecule has 6 heteroatoms. The lowest BCUT2D eigenvalue weighted by molar-refractivity contribution is 0.281. The van der Waals surface area contributed by atoms with Crippen LogP contribution in [0.2, 0.25) is 0 Å². The van der Waals surface area contributed by atoms with E-state index >= 15 is 0 Å². The number of hydrogen-bond acceptors (Lipinski definition) is 6. The number of rotatable bonds is 6. The molecular formula is C19H19NO5. The smallest absolute Gasteiger partial charge is 0.173 e. The van der Waals surface area contributed by atoms with Crippen molar-refractivity contribution in [1.29, 1.82) is 0 Å². The first-order valence-electron chi connectivity index (χ1n) is 7.68. The van der Waals surface area contributed by atoms with E-state index in [1.807, 2.05) is 24.3 Å². The fourth-order valence-corrected chi connectivity index (χ4v) is 2.66. The Balaban J connectivity index is 2.15. The topological polar surface area (TPSA) is 74.0 Å². The number of hydrogen-bond donors (Lipinski definition) is 1. The van der Waals surface area contributed by atoms with E-state index in [2.05, 4.69) is 5.16 Å². The van der Waals surface area contributed by atoms with Crippen LogP contribution in [0.5, 0.6) is 17.2 Å². The van der Waals surface area contributed by atoms with E-state index < -0.39 is 0 Å². The average molecular weight is 341 g/mol. The first-order chi connectivity index (χ1) is 12.2. The number of ether oxygens (including phenoxy) is 3. The quantitative estimate of drug-likeness (QED) is 0.739. The third kappa shape index (κ3) is 3.16. The molecule has 0 fully saturated rings. The van der Waals surface area contributed by atoms with Crippen LogP contribution in [0.15, 0.2) is 47.0 Å². The van der Waals surface area contributed by atoms with Crippen molar-refractivity contribution in [3.05, 3.63) is 48.0 Å². The number of methoxy groups -OCH3 is 3. The van der Waals surface area contributed by atoms with Crippen molar-refractivity contribution in [3.8, 4) is 39.8 Å². The summed E-state index contributed by atoms with van der Waals surface area (Å²) in [6.07, 6.45) is 0. The highest BCUT2D eigenvalue weighted by Gasteiger charge is 2.21. The molecular weight excluding hydrogens is 322 g/mol. The van der Waals surface area contributed by atoms with Crippen LogP contribution in [0.25, 0.3) is 22.6 Å². The predicted octanol–water partition coefficient (Wildman–Crippen LogP) is 3.53. The molecule has 130 valence electrons. The van der Waals surface area contributed by atoms with Crippen LogP contribution in [0.1, 0.15) is 5.56 Å². The molecule has 1 aromatic heterocycles. The summed E-state index contributed by atoms with van der Waals surface area (Å²) in [7, 11) is 4.76. The van der Waals surface area contributed by atoms with Crippen LogP contribution in [0.3, 0.4) is 0 Å². The minimum atomic E-state index is -0.230. The summed E-state index contributed by atoms with van der Waals surface area (Å²) in [5.74, 6) is 2.45. The van der Waals surface area contributed by atoms with E-state index in [4.69, 9.17) is 18.7 Å². The zero-order valence-electron chi connectivity index (χ0n) is 14.3. The van der Waals surface area contributed by atoms with E-state index in [0.717, 1.165) is 5.56 Å². The fraction of sp³-hybridized carbons (Fsp3) is 0.211. The van der Waals surface area contributed by atoms with Gasteiger partial charge < -0.3 is 23.8 Å². The van der Waals surface area contributed by atoms with Crippen LogP contribution in [-0.2, 0) is 6.61 Å². The van der Waals surface area contributed by atoms with Crippen LogP contribution in [0, 0.1) is 0 Å². The lowest BCUT2D eigenvalue weighted by Gasteiger charge is -2.09. The van der Waals surface area contributed by atoms with Gasteiger partial charge in [0.2, 0.25) is 0 Å². The first-order valence-corrected chi connectivity index (χ1v) is 7.68. The Hall–Kier alpha value is -2.99. The van der Waals surface area contributed by atoms with Crippen molar-refractivity contribution in [2.45, 2.75) is 6.61 Å². The van der Waals surface area contributed by atoms with Gasteiger partial charge in [-0.05, 0) is 30.3 Å². The van der Waals surface area contributed by atoms with Crippen molar-refractivity contribution in [1.82, 2.24) is 5.16 Å². The molecule has 0 atom stereocenters. The van der Waals surface area contributed by atoms with Crippen LogP contribution >= 0.6 is 0 Å². The van der Waals surface area contributed by atoms with Crippen LogP contribution < -0.4 is 14.2 Å². The third-order valence-corrected chi connectivity index (χ3v) is 3.94. The highest BCUT2D eigenvalue weighted by molar-refractivity contribution is 5.77. The van der Waals surface area contributed by atoms with Crippen LogP contribution in [-0.4, -0.2) is 31.6 Å². The lowest BCUT2D eigenvalue weighted by Crippen LogP contribution is -1.94. The van der Waals surface area contributed by atoms with Gasteiger partial charge in [0.1, 0.15) is 22.9 Å². The first kappa shape index (κ1) is 16.9. The monoisotopic (exact) mass is 341 g/mol. The molecule has 3 aromatic rings. The maximum absolute atomic E-state index is 9.92. The molecule has 0 spiro atoms. The second-order valence-corrected chi connectivity index (χ2v) is 5.30. The SMILES string of the molecule is COc1cccc(-c2onc(-c3cc(OC)ccc3OC)c2CO)c1. The second-order valence-electron chi connectivity index (χ2n) is 5.30. The molecule has 0 saturated carbocycles. The summed E-state index contributed by atoms with van der Waals surface area (Å²) < 4.78 is 21.5. The zero-order chi connectivity index (χ0) is 17.8. The third-order valence-electron chi connectivity index (χ3n) is 3.94. The van der Waals surface area contributed by atoms with Gasteiger partial charge in [0.15, 0.2) is 5.76 Å². The fourth-order valence-electron chi connectivity index (χ4n) is 2.66. The Labute approximate surface area is 145 Å². The summed E-state index contributed by atoms with van der Waals surface area (Å²) in [4.78, 5) is 0. The Morgan fingerprint density at radius 3 is 2.40 bits per heavy atom. The number of aliphatic hydroxyl groups excluding tert-OH is 1. The van der Waals surface area contributed by atoms with Crippen molar-refractivity contribution in [2.24, 2.45) is 0 Å². The van der Waals surface area contributed by atoms with E-state index in [-0.39, 0.29) is 6.61 Å². The van der Waals surface area contributed by atoms with Crippen molar-refractivity contribution < 1.29 is 23.8 Å². The molecule has 1 heterocycles. The van der Waals surface area contributed by atoms with Gasteiger partial charge in [-0.1, -0.05) is 17.3 Å². The molecule has 0 amide bonds. The summed E-state index contributed by atoms with van der Waals surface area (Å²) in [6, 6.07) is 12.8. The largest absolute Gasteiger partial charge is 0.497 e. The van der Waals surface area contributed by atoms with Gasteiger partial charge in [-0.3, -0.25) is 0 Å². The van der Waals surface area contributed by atoms with E-state index in [9.17, 15) is 5.11 Å². The highest BCUT2D eigenvalue weighted by Crippen LogP contribution is 2.39. The summed E-state index contributed by atoms with van der Waals surface area (Å²) >= 11 is 0. The molecule has 0 aliphatic rings. The molecule has 1 N–H and O–H groups in total. The molecule has 0 aliphatic carbocycles. The molecule has 0 radical (unpaired) electrons. The molecule has 0 saturated heterocycles. The van der Waals surface area contributed by atoms with Gasteiger partial charge in [-0.25, -0.2) is 0 Å². The summed E-state index contributed by atoms with van der Waals surface area (Å²) in [6.45, 7) is -0.230. The van der Waals surface area contributed by atoms with E-state index in [1.54, 1.807) is 39.5 Å². The van der Waals surface area contributed by atoms with Gasteiger partial charge in [0.05, 0.1) is 33.5 Å². The normalized spacial score (nSPS) is 10.6. The number of nitrogens with zero attached hydrogens (tertiary/aromatic N) is 1. The molecule has 0 bridgehead atoms. The van der Waals surface area contributed by atoms with E-state index in [0.29, 0.717) is 39.8 Å². The van der Waals surface area contributed by atoms with Crippen molar-refractivity contribution in [2.75, 3.05) is 21.3 Å². The van der Waals surface area contributed by atoms with Gasteiger partial charge in [-0.2, -0.15) is 0 Å². The van der Waals surface area contributed by atoms with Crippen molar-refractivity contribution in [3.63, 3.8) is 0 Å². The minimum Gasteiger partial charge on any atom is -0.497 e. The molecule has 0 unspecified atom stereocenters. The number of benzene rings is 2. The molecule has 6 nitrogen and oxygen atoms in total. The minimum absolute atomic E-state index is 0.230. The Morgan fingerprint density at radius 1 is 0.960 bits per heavy atom. The second kappa shape index (κ2) is 7.27. The van der Waals surface area contributed by atoms with Crippen molar-refractivity contribution >= 4 is 0 Å². The van der Waals surface area contributed by atoms with Gasteiger partial charge in [0.25, 0.3) is 0 Å². The average Bonchev–Trinajstić information content (AvgIpc) is 3.11. The Kier molecular flexibility index (Phi) is 4.90. The predicted molar refractivity (Wildman–Crippen MR) is 93.0 cm³/mol. The molecule has 0 aliphatic heterocycles.